The van der Waals surface area contributed by atoms with Crippen molar-refractivity contribution in [3.63, 3.8) is 0 Å². The fraction of sp³-hybridized carbons (Fsp3) is 0.600. The number of hydrogen-bond donors (Lipinski definition) is 1. The minimum Gasteiger partial charge on any atom is -0.393 e. The van der Waals surface area contributed by atoms with E-state index in [1.54, 1.807) is 6.92 Å². The van der Waals surface area contributed by atoms with E-state index in [-0.39, 0.29) is 5.92 Å². The van der Waals surface area contributed by atoms with Gasteiger partial charge in [0.05, 0.1) is 16.2 Å². The second-order valence-corrected chi connectivity index (χ2v) is 8.17. The van der Waals surface area contributed by atoms with Crippen molar-refractivity contribution in [3.8, 4) is 0 Å². The van der Waals surface area contributed by atoms with Gasteiger partial charge in [0.1, 0.15) is 0 Å². The molecule has 1 saturated heterocycles. The van der Waals surface area contributed by atoms with Gasteiger partial charge >= 0.3 is 0 Å². The zero-order valence-corrected chi connectivity index (χ0v) is 12.4. The fourth-order valence-electron chi connectivity index (χ4n) is 1.98. The van der Waals surface area contributed by atoms with Gasteiger partial charge in [-0.2, -0.15) is 4.31 Å². The van der Waals surface area contributed by atoms with E-state index in [1.165, 1.54) is 21.8 Å². The normalized spacial score (nSPS) is 21.9. The van der Waals surface area contributed by atoms with Crippen molar-refractivity contribution in [2.45, 2.75) is 24.0 Å². The number of piperidine rings is 1. The monoisotopic (exact) mass is 305 g/mol. The van der Waals surface area contributed by atoms with E-state index in [9.17, 15) is 8.42 Å². The van der Waals surface area contributed by atoms with Gasteiger partial charge in [-0.1, -0.05) is 12.2 Å². The molecular formula is C10H15N3O2S3. The highest BCUT2D eigenvalue weighted by Crippen LogP contribution is 2.26. The van der Waals surface area contributed by atoms with Crippen LogP contribution in [0.3, 0.4) is 0 Å². The molecule has 0 spiro atoms. The van der Waals surface area contributed by atoms with Gasteiger partial charge in [-0.25, -0.2) is 13.4 Å². The highest BCUT2D eigenvalue weighted by Gasteiger charge is 2.32. The molecular weight excluding hydrogens is 290 g/mol. The molecule has 18 heavy (non-hydrogen) atoms. The van der Waals surface area contributed by atoms with Crippen LogP contribution in [0.25, 0.3) is 0 Å². The number of sulfonamides is 1. The van der Waals surface area contributed by atoms with Crippen molar-refractivity contribution < 1.29 is 8.42 Å². The van der Waals surface area contributed by atoms with E-state index >= 15 is 0 Å². The molecule has 1 aliphatic heterocycles. The zero-order valence-electron chi connectivity index (χ0n) is 10.00. The average Bonchev–Trinajstić information content (AvgIpc) is 2.77. The summed E-state index contributed by atoms with van der Waals surface area (Å²) >= 11 is 6.15. The van der Waals surface area contributed by atoms with Gasteiger partial charge in [0.2, 0.25) is 0 Å². The van der Waals surface area contributed by atoms with Gasteiger partial charge < -0.3 is 5.73 Å². The van der Waals surface area contributed by atoms with Crippen LogP contribution in [0.4, 0.5) is 0 Å². The van der Waals surface area contributed by atoms with Crippen LogP contribution >= 0.6 is 23.6 Å². The minimum atomic E-state index is -3.43. The second kappa shape index (κ2) is 5.20. The summed E-state index contributed by atoms with van der Waals surface area (Å²) in [6, 6.07) is 0. The molecule has 100 valence electrons. The van der Waals surface area contributed by atoms with Crippen molar-refractivity contribution in [2.24, 2.45) is 11.7 Å². The molecule has 2 heterocycles. The maximum absolute atomic E-state index is 12.4. The van der Waals surface area contributed by atoms with Gasteiger partial charge in [0, 0.05) is 19.0 Å². The Balaban J connectivity index is 2.22. The molecule has 0 aromatic carbocycles. The summed E-state index contributed by atoms with van der Waals surface area (Å²) in [5, 5.41) is 0.747. The van der Waals surface area contributed by atoms with Gasteiger partial charge in [0.15, 0.2) is 4.21 Å². The Morgan fingerprint density at radius 2 is 2.39 bits per heavy atom. The minimum absolute atomic E-state index is 0.0162. The summed E-state index contributed by atoms with van der Waals surface area (Å²) in [4.78, 5) is 4.39. The zero-order chi connectivity index (χ0) is 13.3. The van der Waals surface area contributed by atoms with E-state index in [4.69, 9.17) is 18.0 Å². The van der Waals surface area contributed by atoms with Crippen molar-refractivity contribution in [2.75, 3.05) is 13.1 Å². The first-order chi connectivity index (χ1) is 8.41. The lowest BCUT2D eigenvalue weighted by Gasteiger charge is -2.30. The van der Waals surface area contributed by atoms with Crippen LogP contribution in [0.2, 0.25) is 0 Å². The number of nitrogens with two attached hydrogens (primary N) is 1. The van der Waals surface area contributed by atoms with Gasteiger partial charge in [0.25, 0.3) is 10.0 Å². The summed E-state index contributed by atoms with van der Waals surface area (Å²) in [6.45, 7) is 2.70. The van der Waals surface area contributed by atoms with Crippen molar-refractivity contribution in [3.05, 3.63) is 11.2 Å². The number of nitrogens with zero attached hydrogens (tertiary/aromatic N) is 2. The highest BCUT2D eigenvalue weighted by molar-refractivity contribution is 7.91. The Labute approximate surface area is 116 Å². The molecule has 0 amide bonds. The van der Waals surface area contributed by atoms with Crippen molar-refractivity contribution in [1.82, 2.24) is 9.29 Å². The van der Waals surface area contributed by atoms with Crippen LogP contribution in [0.15, 0.2) is 10.4 Å². The molecule has 5 nitrogen and oxygen atoms in total. The van der Waals surface area contributed by atoms with E-state index in [0.29, 0.717) is 22.3 Å². The average molecular weight is 305 g/mol. The maximum Gasteiger partial charge on any atom is 0.254 e. The third-order valence-electron chi connectivity index (χ3n) is 2.98. The summed E-state index contributed by atoms with van der Waals surface area (Å²) in [7, 11) is -3.43. The van der Waals surface area contributed by atoms with E-state index in [1.807, 2.05) is 0 Å². The van der Waals surface area contributed by atoms with E-state index < -0.39 is 10.0 Å². The van der Waals surface area contributed by atoms with Crippen LogP contribution in [0.5, 0.6) is 0 Å². The molecule has 1 fully saturated rings. The van der Waals surface area contributed by atoms with Crippen molar-refractivity contribution in [1.29, 1.82) is 0 Å². The lowest BCUT2D eigenvalue weighted by molar-refractivity contribution is 0.313. The largest absolute Gasteiger partial charge is 0.393 e. The number of hydrogen-bond acceptors (Lipinski definition) is 5. The molecule has 0 radical (unpaired) electrons. The smallest absolute Gasteiger partial charge is 0.254 e. The lowest BCUT2D eigenvalue weighted by Crippen LogP contribution is -2.43. The van der Waals surface area contributed by atoms with Crippen LogP contribution in [-0.2, 0) is 10.0 Å². The summed E-state index contributed by atoms with van der Waals surface area (Å²) in [6.07, 6.45) is 3.07. The number of aromatic nitrogens is 1. The quantitative estimate of drug-likeness (QED) is 0.847. The Hall–Kier alpha value is -0.570. The lowest BCUT2D eigenvalue weighted by atomic mass is 10.0. The molecule has 0 saturated carbocycles. The molecule has 1 aliphatic rings. The van der Waals surface area contributed by atoms with Gasteiger partial charge in [-0.05, 0) is 19.8 Å². The number of rotatable bonds is 3. The van der Waals surface area contributed by atoms with Crippen molar-refractivity contribution >= 4 is 38.6 Å². The third kappa shape index (κ3) is 2.71. The Bertz CT molecular complexity index is 552. The van der Waals surface area contributed by atoms with Gasteiger partial charge in [-0.15, -0.1) is 11.3 Å². The first kappa shape index (κ1) is 13.9. The molecule has 2 N–H and O–H groups in total. The molecule has 8 heteroatoms. The van der Waals surface area contributed by atoms with Crippen LogP contribution in [0.1, 0.15) is 17.8 Å². The first-order valence-corrected chi connectivity index (χ1v) is 8.29. The highest BCUT2D eigenvalue weighted by atomic mass is 32.2. The summed E-state index contributed by atoms with van der Waals surface area (Å²) in [5.41, 5.74) is 5.62. The Kier molecular flexibility index (Phi) is 4.00. The third-order valence-corrected chi connectivity index (χ3v) is 6.53. The van der Waals surface area contributed by atoms with Crippen LogP contribution in [-0.4, -0.2) is 35.8 Å². The SMILES string of the molecule is Cc1ncc(S(=O)(=O)N2CCCC(C(N)=S)C2)s1. The standard InChI is InChI=1S/C10H15N3O2S3/c1-7-12-5-9(17-7)18(14,15)13-4-2-3-8(6-13)10(11)16/h5,8H,2-4,6H2,1H3,(H2,11,16). The van der Waals surface area contributed by atoms with Crippen LogP contribution in [0, 0.1) is 12.8 Å². The molecule has 0 aliphatic carbocycles. The Morgan fingerprint density at radius 3 is 2.94 bits per heavy atom. The topological polar surface area (TPSA) is 76.3 Å². The predicted octanol–water partition coefficient (Wildman–Crippen LogP) is 1.14. The predicted molar refractivity (Wildman–Crippen MR) is 75.1 cm³/mol. The fourth-order valence-corrected chi connectivity index (χ4v) is 4.96. The molecule has 2 rings (SSSR count). The van der Waals surface area contributed by atoms with E-state index in [2.05, 4.69) is 4.98 Å². The number of thiocarbonyl (C=S) groups is 1. The first-order valence-electron chi connectivity index (χ1n) is 5.63. The Morgan fingerprint density at radius 1 is 1.67 bits per heavy atom. The van der Waals surface area contributed by atoms with E-state index in [0.717, 1.165) is 17.8 Å². The number of thiazole rings is 1. The molecule has 1 atom stereocenters. The summed E-state index contributed by atoms with van der Waals surface area (Å²) < 4.78 is 26.5. The van der Waals surface area contributed by atoms with Gasteiger partial charge in [-0.3, -0.25) is 0 Å². The molecule has 1 unspecified atom stereocenters. The maximum atomic E-state index is 12.4. The second-order valence-electron chi connectivity index (χ2n) is 4.30. The number of aryl methyl sites for hydroxylation is 1. The van der Waals surface area contributed by atoms with Crippen LogP contribution < -0.4 is 5.73 Å². The molecule has 1 aromatic heterocycles. The molecule has 0 bridgehead atoms. The summed E-state index contributed by atoms with van der Waals surface area (Å²) in [5.74, 6) is -0.0162. The molecule has 1 aromatic rings.